The molecule has 4 rings (SSSR count). The highest BCUT2D eigenvalue weighted by Crippen LogP contribution is 2.26. The Morgan fingerprint density at radius 2 is 2.04 bits per heavy atom. The van der Waals surface area contributed by atoms with E-state index in [4.69, 9.17) is 0 Å². The number of sulfonamides is 1. The van der Waals surface area contributed by atoms with Crippen LogP contribution < -0.4 is 5.32 Å². The monoisotopic (exact) mass is 403 g/mol. The summed E-state index contributed by atoms with van der Waals surface area (Å²) in [6.45, 7) is 1.26. The summed E-state index contributed by atoms with van der Waals surface area (Å²) in [5.41, 5.74) is 0.912. The molecule has 3 heterocycles. The Morgan fingerprint density at radius 3 is 2.78 bits per heavy atom. The Bertz CT molecular complexity index is 1030. The minimum absolute atomic E-state index is 0.00851. The number of thiophene rings is 1. The molecule has 1 aliphatic heterocycles. The summed E-state index contributed by atoms with van der Waals surface area (Å²) >= 11 is 1.61. The predicted octanol–water partition coefficient (Wildman–Crippen LogP) is 2.95. The van der Waals surface area contributed by atoms with Crippen molar-refractivity contribution in [1.29, 1.82) is 0 Å². The largest absolute Gasteiger partial charge is 0.361 e. The summed E-state index contributed by atoms with van der Waals surface area (Å²) in [6.07, 6.45) is 2.88. The number of carbonyl (C=O) groups excluding carboxylic acids is 1. The fraction of sp³-hybridized carbons (Fsp3) is 0.316. The van der Waals surface area contributed by atoms with Gasteiger partial charge in [-0.15, -0.1) is 11.3 Å². The van der Waals surface area contributed by atoms with Crippen LogP contribution in [0.1, 0.15) is 17.7 Å². The van der Waals surface area contributed by atoms with Gasteiger partial charge in [-0.3, -0.25) is 4.79 Å². The Labute approximate surface area is 162 Å². The standard InChI is InChI=1S/C19H21N3O3S2/c23-19(21-13-16-2-1-11-26-16)14-6-9-22(10-7-14)27(24,25)17-3-4-18-15(12-17)5-8-20-18/h1-5,8,11-12,14,20H,6-7,9-10,13H2,(H,21,23). The molecule has 1 aliphatic rings. The van der Waals surface area contributed by atoms with Gasteiger partial charge in [0.15, 0.2) is 0 Å². The fourth-order valence-corrected chi connectivity index (χ4v) is 5.58. The van der Waals surface area contributed by atoms with Crippen molar-refractivity contribution in [3.8, 4) is 0 Å². The highest BCUT2D eigenvalue weighted by Gasteiger charge is 2.32. The van der Waals surface area contributed by atoms with E-state index in [0.29, 0.717) is 37.4 Å². The smallest absolute Gasteiger partial charge is 0.243 e. The van der Waals surface area contributed by atoms with Crippen LogP contribution in [0.4, 0.5) is 0 Å². The Hall–Kier alpha value is -2.16. The predicted molar refractivity (Wildman–Crippen MR) is 106 cm³/mol. The van der Waals surface area contributed by atoms with Crippen LogP contribution >= 0.6 is 11.3 Å². The van der Waals surface area contributed by atoms with Gasteiger partial charge in [-0.2, -0.15) is 4.31 Å². The molecule has 0 aliphatic carbocycles. The molecule has 2 aromatic heterocycles. The minimum Gasteiger partial charge on any atom is -0.361 e. The highest BCUT2D eigenvalue weighted by atomic mass is 32.2. The molecule has 0 bridgehead atoms. The van der Waals surface area contributed by atoms with Crippen LogP contribution in [0.25, 0.3) is 10.9 Å². The third-order valence-electron chi connectivity index (χ3n) is 5.00. The van der Waals surface area contributed by atoms with Crippen LogP contribution in [-0.4, -0.2) is 36.7 Å². The summed E-state index contributed by atoms with van der Waals surface area (Å²) in [6, 6.07) is 10.9. The van der Waals surface area contributed by atoms with E-state index in [0.717, 1.165) is 15.8 Å². The number of carbonyl (C=O) groups is 1. The number of hydrogen-bond acceptors (Lipinski definition) is 4. The number of benzene rings is 1. The zero-order chi connectivity index (χ0) is 18.9. The van der Waals surface area contributed by atoms with Crippen molar-refractivity contribution in [2.45, 2.75) is 24.3 Å². The van der Waals surface area contributed by atoms with Crippen LogP contribution in [0.2, 0.25) is 0 Å². The van der Waals surface area contributed by atoms with Gasteiger partial charge in [0.05, 0.1) is 11.4 Å². The van der Waals surface area contributed by atoms with Crippen molar-refractivity contribution in [2.24, 2.45) is 5.92 Å². The minimum atomic E-state index is -3.54. The first kappa shape index (κ1) is 18.2. The molecule has 1 amide bonds. The van der Waals surface area contributed by atoms with Crippen molar-refractivity contribution >= 4 is 38.2 Å². The van der Waals surface area contributed by atoms with Crippen molar-refractivity contribution in [3.05, 3.63) is 52.9 Å². The number of piperidine rings is 1. The maximum absolute atomic E-state index is 12.9. The summed E-state index contributed by atoms with van der Waals surface area (Å²) in [5.74, 6) is -0.127. The van der Waals surface area contributed by atoms with Crippen LogP contribution in [0.5, 0.6) is 0 Å². The number of aromatic nitrogens is 1. The van der Waals surface area contributed by atoms with E-state index in [9.17, 15) is 13.2 Å². The molecule has 3 aromatic rings. The summed E-state index contributed by atoms with van der Waals surface area (Å²) in [4.78, 5) is 16.8. The van der Waals surface area contributed by atoms with Crippen LogP contribution in [-0.2, 0) is 21.4 Å². The lowest BCUT2D eigenvalue weighted by atomic mass is 9.97. The van der Waals surface area contributed by atoms with E-state index in [2.05, 4.69) is 10.3 Å². The van der Waals surface area contributed by atoms with E-state index in [1.54, 1.807) is 35.7 Å². The lowest BCUT2D eigenvalue weighted by molar-refractivity contribution is -0.126. The number of amides is 1. The number of fused-ring (bicyclic) bond motifs is 1. The molecule has 27 heavy (non-hydrogen) atoms. The van der Waals surface area contributed by atoms with Crippen molar-refractivity contribution < 1.29 is 13.2 Å². The SMILES string of the molecule is O=C(NCc1cccs1)C1CCN(S(=O)(=O)c2ccc3[nH]ccc3c2)CC1. The van der Waals surface area contributed by atoms with Crippen molar-refractivity contribution in [1.82, 2.24) is 14.6 Å². The topological polar surface area (TPSA) is 82.3 Å². The normalized spacial score (nSPS) is 16.6. The molecule has 0 unspecified atom stereocenters. The third-order valence-corrected chi connectivity index (χ3v) is 7.78. The van der Waals surface area contributed by atoms with Gasteiger partial charge in [0.1, 0.15) is 0 Å². The molecule has 0 radical (unpaired) electrons. The average molecular weight is 404 g/mol. The quantitative estimate of drug-likeness (QED) is 0.687. The van der Waals surface area contributed by atoms with Crippen molar-refractivity contribution in [2.75, 3.05) is 13.1 Å². The molecule has 6 nitrogen and oxygen atoms in total. The number of nitrogens with one attached hydrogen (secondary N) is 2. The zero-order valence-electron chi connectivity index (χ0n) is 14.7. The van der Waals surface area contributed by atoms with Gasteiger partial charge < -0.3 is 10.3 Å². The molecular formula is C19H21N3O3S2. The van der Waals surface area contributed by atoms with E-state index in [-0.39, 0.29) is 11.8 Å². The summed E-state index contributed by atoms with van der Waals surface area (Å²) in [5, 5.41) is 5.81. The maximum Gasteiger partial charge on any atom is 0.243 e. The molecule has 8 heteroatoms. The third kappa shape index (κ3) is 3.78. The first-order chi connectivity index (χ1) is 13.0. The highest BCUT2D eigenvalue weighted by molar-refractivity contribution is 7.89. The molecule has 1 fully saturated rings. The van der Waals surface area contributed by atoms with E-state index >= 15 is 0 Å². The second kappa shape index (κ2) is 7.46. The fourth-order valence-electron chi connectivity index (χ4n) is 3.43. The van der Waals surface area contributed by atoms with Gasteiger partial charge in [-0.1, -0.05) is 6.07 Å². The summed E-state index contributed by atoms with van der Waals surface area (Å²) < 4.78 is 27.3. The second-order valence-corrected chi connectivity index (χ2v) is 9.67. The first-order valence-electron chi connectivity index (χ1n) is 8.91. The molecule has 0 spiro atoms. The maximum atomic E-state index is 12.9. The lowest BCUT2D eigenvalue weighted by Crippen LogP contribution is -2.42. The van der Waals surface area contributed by atoms with E-state index < -0.39 is 10.0 Å². The molecule has 1 aromatic carbocycles. The first-order valence-corrected chi connectivity index (χ1v) is 11.2. The van der Waals surface area contributed by atoms with Gasteiger partial charge in [-0.25, -0.2) is 8.42 Å². The lowest BCUT2D eigenvalue weighted by Gasteiger charge is -2.30. The molecule has 1 saturated heterocycles. The Morgan fingerprint density at radius 1 is 1.22 bits per heavy atom. The molecule has 0 saturated carbocycles. The number of H-pyrrole nitrogens is 1. The van der Waals surface area contributed by atoms with E-state index in [1.165, 1.54) is 4.31 Å². The molecule has 0 atom stereocenters. The van der Waals surface area contributed by atoms with Gasteiger partial charge in [0.2, 0.25) is 15.9 Å². The summed E-state index contributed by atoms with van der Waals surface area (Å²) in [7, 11) is -3.54. The van der Waals surface area contributed by atoms with Gasteiger partial charge in [0.25, 0.3) is 0 Å². The van der Waals surface area contributed by atoms with Crippen LogP contribution in [0.3, 0.4) is 0 Å². The van der Waals surface area contributed by atoms with Gasteiger partial charge >= 0.3 is 0 Å². The number of aromatic amines is 1. The molecular weight excluding hydrogens is 382 g/mol. The Kier molecular flexibility index (Phi) is 5.03. The average Bonchev–Trinajstić information content (AvgIpc) is 3.37. The molecule has 2 N–H and O–H groups in total. The van der Waals surface area contributed by atoms with E-state index in [1.807, 2.05) is 23.6 Å². The molecule has 142 valence electrons. The van der Waals surface area contributed by atoms with Crippen molar-refractivity contribution in [3.63, 3.8) is 0 Å². The number of rotatable bonds is 5. The van der Waals surface area contributed by atoms with Crippen LogP contribution in [0, 0.1) is 5.92 Å². The Balaban J connectivity index is 1.38. The number of nitrogens with zero attached hydrogens (tertiary/aromatic N) is 1. The van der Waals surface area contributed by atoms with Gasteiger partial charge in [-0.05, 0) is 48.6 Å². The number of hydrogen-bond donors (Lipinski definition) is 2. The second-order valence-electron chi connectivity index (χ2n) is 6.70. The zero-order valence-corrected chi connectivity index (χ0v) is 16.4. The van der Waals surface area contributed by atoms with Crippen LogP contribution in [0.15, 0.2) is 52.9 Å². The van der Waals surface area contributed by atoms with Gasteiger partial charge in [0, 0.05) is 41.0 Å².